The lowest BCUT2D eigenvalue weighted by Gasteiger charge is -2.36. The molecular formula is C25H35NO3. The molecule has 0 amide bonds. The summed E-state index contributed by atoms with van der Waals surface area (Å²) in [6.07, 6.45) is 4.57. The highest BCUT2D eigenvalue weighted by Crippen LogP contribution is 2.23. The van der Waals surface area contributed by atoms with Crippen LogP contribution >= 0.6 is 0 Å². The van der Waals surface area contributed by atoms with Gasteiger partial charge in [0.15, 0.2) is 0 Å². The number of aryl methyl sites for hydroxylation is 1. The molecule has 1 heterocycles. The second-order valence-electron chi connectivity index (χ2n) is 8.18. The fraction of sp³-hybridized carbons (Fsp3) is 0.520. The van der Waals surface area contributed by atoms with E-state index in [2.05, 4.69) is 60.4 Å². The summed E-state index contributed by atoms with van der Waals surface area (Å²) in [5, 5.41) is 19.2. The molecule has 2 N–H and O–H groups in total. The number of likely N-dealkylation sites (tertiary alicyclic amines) is 1. The fourth-order valence-electron chi connectivity index (χ4n) is 4.13. The minimum absolute atomic E-state index is 0.123. The summed E-state index contributed by atoms with van der Waals surface area (Å²) in [6.45, 7) is 5.61. The van der Waals surface area contributed by atoms with Crippen molar-refractivity contribution in [3.63, 3.8) is 0 Å². The Bertz CT molecular complexity index is 731. The van der Waals surface area contributed by atoms with Crippen molar-refractivity contribution in [1.29, 1.82) is 0 Å². The van der Waals surface area contributed by atoms with E-state index in [1.807, 2.05) is 0 Å². The second-order valence-corrected chi connectivity index (χ2v) is 8.18. The van der Waals surface area contributed by atoms with Gasteiger partial charge in [-0.25, -0.2) is 0 Å². The summed E-state index contributed by atoms with van der Waals surface area (Å²) < 4.78 is 5.85. The molecule has 1 saturated heterocycles. The molecule has 158 valence electrons. The first-order valence-corrected chi connectivity index (χ1v) is 10.9. The standard InChI is InChI=1S/C25H35NO3/c1-20-7-3-4-8-25(20)22-11-9-21(10-12-22)19-29-16-6-2-5-14-26-15-13-24(28)17-23(26)18-27/h3-4,7-12,23-24,27-28H,2,5-6,13-19H2,1H3. The first kappa shape index (κ1) is 22.0. The van der Waals surface area contributed by atoms with Crippen LogP contribution in [0.3, 0.4) is 0 Å². The number of nitrogens with zero attached hydrogens (tertiary/aromatic N) is 1. The van der Waals surface area contributed by atoms with Crippen LogP contribution in [0, 0.1) is 6.92 Å². The van der Waals surface area contributed by atoms with E-state index in [0.717, 1.165) is 45.4 Å². The zero-order valence-corrected chi connectivity index (χ0v) is 17.6. The van der Waals surface area contributed by atoms with Crippen molar-refractivity contribution in [1.82, 2.24) is 4.90 Å². The van der Waals surface area contributed by atoms with Gasteiger partial charge in [0.1, 0.15) is 0 Å². The number of aliphatic hydroxyl groups excluding tert-OH is 2. The van der Waals surface area contributed by atoms with Gasteiger partial charge in [0, 0.05) is 19.2 Å². The van der Waals surface area contributed by atoms with Crippen molar-refractivity contribution < 1.29 is 14.9 Å². The fourth-order valence-corrected chi connectivity index (χ4v) is 4.13. The smallest absolute Gasteiger partial charge is 0.0716 e. The lowest BCUT2D eigenvalue weighted by molar-refractivity contribution is 0.0160. The van der Waals surface area contributed by atoms with Gasteiger partial charge < -0.3 is 14.9 Å². The molecule has 1 aliphatic heterocycles. The zero-order chi connectivity index (χ0) is 20.5. The lowest BCUT2D eigenvalue weighted by Crippen LogP contribution is -2.46. The quantitative estimate of drug-likeness (QED) is 0.591. The van der Waals surface area contributed by atoms with E-state index in [-0.39, 0.29) is 18.8 Å². The van der Waals surface area contributed by atoms with Crippen molar-refractivity contribution in [2.24, 2.45) is 0 Å². The number of hydrogen-bond donors (Lipinski definition) is 2. The van der Waals surface area contributed by atoms with Crippen molar-refractivity contribution in [3.8, 4) is 11.1 Å². The van der Waals surface area contributed by atoms with Crippen LogP contribution < -0.4 is 0 Å². The Morgan fingerprint density at radius 3 is 2.59 bits per heavy atom. The molecule has 2 atom stereocenters. The summed E-state index contributed by atoms with van der Waals surface area (Å²) in [5.74, 6) is 0. The average Bonchev–Trinajstić information content (AvgIpc) is 2.74. The van der Waals surface area contributed by atoms with Crippen LogP contribution in [0.4, 0.5) is 0 Å². The van der Waals surface area contributed by atoms with Crippen molar-refractivity contribution in [3.05, 3.63) is 59.7 Å². The van der Waals surface area contributed by atoms with Gasteiger partial charge in [0.25, 0.3) is 0 Å². The summed E-state index contributed by atoms with van der Waals surface area (Å²) in [4.78, 5) is 2.32. The SMILES string of the molecule is Cc1ccccc1-c1ccc(COCCCCCN2CCC(O)CC2CO)cc1. The molecule has 1 fully saturated rings. The van der Waals surface area contributed by atoms with E-state index in [1.54, 1.807) is 0 Å². The van der Waals surface area contributed by atoms with Crippen LogP contribution in [0.2, 0.25) is 0 Å². The molecule has 1 aliphatic rings. The summed E-state index contributed by atoms with van der Waals surface area (Å²) in [7, 11) is 0. The summed E-state index contributed by atoms with van der Waals surface area (Å²) >= 11 is 0. The van der Waals surface area contributed by atoms with Crippen LogP contribution in [0.1, 0.15) is 43.2 Å². The van der Waals surface area contributed by atoms with Gasteiger partial charge in [-0.1, -0.05) is 48.5 Å². The Morgan fingerprint density at radius 1 is 1.03 bits per heavy atom. The highest BCUT2D eigenvalue weighted by Gasteiger charge is 2.26. The van der Waals surface area contributed by atoms with Gasteiger partial charge in [-0.2, -0.15) is 0 Å². The highest BCUT2D eigenvalue weighted by atomic mass is 16.5. The molecule has 2 aromatic rings. The number of piperidine rings is 1. The third kappa shape index (κ3) is 6.65. The molecular weight excluding hydrogens is 362 g/mol. The minimum atomic E-state index is -0.248. The normalized spacial score (nSPS) is 20.1. The molecule has 2 unspecified atom stereocenters. The Kier molecular flexibility index (Phi) is 8.69. The second kappa shape index (κ2) is 11.5. The number of hydrogen-bond acceptors (Lipinski definition) is 4. The van der Waals surface area contributed by atoms with Gasteiger partial charge in [-0.15, -0.1) is 0 Å². The maximum absolute atomic E-state index is 9.72. The van der Waals surface area contributed by atoms with Gasteiger partial charge >= 0.3 is 0 Å². The summed E-state index contributed by atoms with van der Waals surface area (Å²) in [5.41, 5.74) is 5.03. The van der Waals surface area contributed by atoms with E-state index in [9.17, 15) is 10.2 Å². The number of unbranched alkanes of at least 4 members (excludes halogenated alkanes) is 2. The predicted octanol–water partition coefficient (Wildman–Crippen LogP) is 4.17. The number of ether oxygens (including phenoxy) is 1. The number of aliphatic hydroxyl groups is 2. The molecule has 0 spiro atoms. The molecule has 3 rings (SSSR count). The van der Waals surface area contributed by atoms with Crippen LogP contribution in [-0.4, -0.2) is 53.6 Å². The topological polar surface area (TPSA) is 52.9 Å². The van der Waals surface area contributed by atoms with Gasteiger partial charge in [0.05, 0.1) is 19.3 Å². The third-order valence-electron chi connectivity index (χ3n) is 5.93. The number of benzene rings is 2. The predicted molar refractivity (Wildman–Crippen MR) is 118 cm³/mol. The first-order valence-electron chi connectivity index (χ1n) is 10.9. The van der Waals surface area contributed by atoms with Crippen LogP contribution in [-0.2, 0) is 11.3 Å². The molecule has 0 aliphatic carbocycles. The van der Waals surface area contributed by atoms with Gasteiger partial charge in [-0.3, -0.25) is 4.90 Å². The molecule has 0 aromatic heterocycles. The maximum Gasteiger partial charge on any atom is 0.0716 e. The lowest BCUT2D eigenvalue weighted by atomic mass is 9.99. The minimum Gasteiger partial charge on any atom is -0.395 e. The summed E-state index contributed by atoms with van der Waals surface area (Å²) in [6, 6.07) is 17.2. The molecule has 4 nitrogen and oxygen atoms in total. The van der Waals surface area contributed by atoms with Crippen molar-refractivity contribution in [2.45, 2.75) is 57.8 Å². The Labute approximate surface area is 175 Å². The molecule has 0 saturated carbocycles. The molecule has 2 aromatic carbocycles. The van der Waals surface area contributed by atoms with E-state index < -0.39 is 0 Å². The van der Waals surface area contributed by atoms with E-state index >= 15 is 0 Å². The van der Waals surface area contributed by atoms with E-state index in [1.165, 1.54) is 22.3 Å². The maximum atomic E-state index is 9.72. The highest BCUT2D eigenvalue weighted by molar-refractivity contribution is 5.67. The largest absolute Gasteiger partial charge is 0.395 e. The monoisotopic (exact) mass is 397 g/mol. The van der Waals surface area contributed by atoms with Crippen LogP contribution in [0.15, 0.2) is 48.5 Å². The van der Waals surface area contributed by atoms with E-state index in [4.69, 9.17) is 4.74 Å². The van der Waals surface area contributed by atoms with Crippen molar-refractivity contribution >= 4 is 0 Å². The molecule has 0 radical (unpaired) electrons. The average molecular weight is 398 g/mol. The van der Waals surface area contributed by atoms with Crippen LogP contribution in [0.5, 0.6) is 0 Å². The van der Waals surface area contributed by atoms with Crippen LogP contribution in [0.25, 0.3) is 11.1 Å². The van der Waals surface area contributed by atoms with Crippen molar-refractivity contribution in [2.75, 3.05) is 26.3 Å². The Morgan fingerprint density at radius 2 is 1.83 bits per heavy atom. The number of rotatable bonds is 10. The molecule has 0 bridgehead atoms. The zero-order valence-electron chi connectivity index (χ0n) is 17.6. The van der Waals surface area contributed by atoms with E-state index in [0.29, 0.717) is 13.0 Å². The molecule has 4 heteroatoms. The Balaban J connectivity index is 1.30. The Hall–Kier alpha value is -1.72. The molecule has 29 heavy (non-hydrogen) atoms. The van der Waals surface area contributed by atoms with Gasteiger partial charge in [-0.05, 0) is 67.8 Å². The third-order valence-corrected chi connectivity index (χ3v) is 5.93. The van der Waals surface area contributed by atoms with Gasteiger partial charge in [0.2, 0.25) is 0 Å². The first-order chi connectivity index (χ1) is 14.2.